The molecular formula is C7H12F3NO. The molecule has 0 aromatic heterocycles. The fourth-order valence-electron chi connectivity index (χ4n) is 0.903. The van der Waals surface area contributed by atoms with E-state index in [9.17, 15) is 13.2 Å². The number of rotatable bonds is 4. The number of alkyl halides is 3. The summed E-state index contributed by atoms with van der Waals surface area (Å²) in [6.45, 7) is 1.75. The third-order valence-electron chi connectivity index (χ3n) is 1.70. The summed E-state index contributed by atoms with van der Waals surface area (Å²) in [7, 11) is 0. The van der Waals surface area contributed by atoms with Crippen molar-refractivity contribution in [2.75, 3.05) is 19.7 Å². The van der Waals surface area contributed by atoms with E-state index in [0.717, 1.165) is 13.1 Å². The van der Waals surface area contributed by atoms with Gasteiger partial charge < -0.3 is 10.1 Å². The Labute approximate surface area is 69.1 Å². The monoisotopic (exact) mass is 183 g/mol. The molecule has 0 aliphatic carbocycles. The van der Waals surface area contributed by atoms with Crippen LogP contribution in [0.1, 0.15) is 12.8 Å². The van der Waals surface area contributed by atoms with Crippen molar-refractivity contribution in [1.29, 1.82) is 0 Å². The van der Waals surface area contributed by atoms with Gasteiger partial charge in [0.05, 0.1) is 6.10 Å². The predicted molar refractivity (Wildman–Crippen MR) is 37.9 cm³/mol. The molecular weight excluding hydrogens is 171 g/mol. The van der Waals surface area contributed by atoms with E-state index in [1.807, 2.05) is 0 Å². The van der Waals surface area contributed by atoms with Crippen molar-refractivity contribution in [3.63, 3.8) is 0 Å². The van der Waals surface area contributed by atoms with Crippen LogP contribution < -0.4 is 5.32 Å². The molecule has 72 valence electrons. The van der Waals surface area contributed by atoms with Crippen molar-refractivity contribution in [2.45, 2.75) is 25.1 Å². The van der Waals surface area contributed by atoms with E-state index in [2.05, 4.69) is 5.32 Å². The van der Waals surface area contributed by atoms with Gasteiger partial charge >= 0.3 is 6.18 Å². The third kappa shape index (κ3) is 3.92. The van der Waals surface area contributed by atoms with Gasteiger partial charge in [0.25, 0.3) is 0 Å². The molecule has 1 aliphatic heterocycles. The van der Waals surface area contributed by atoms with Crippen LogP contribution in [0.4, 0.5) is 13.2 Å². The summed E-state index contributed by atoms with van der Waals surface area (Å²) >= 11 is 0. The summed E-state index contributed by atoms with van der Waals surface area (Å²) in [5, 5.41) is 2.97. The van der Waals surface area contributed by atoms with Crippen molar-refractivity contribution in [3.05, 3.63) is 0 Å². The number of hydrogen-bond donors (Lipinski definition) is 1. The Bertz CT molecular complexity index is 133. The molecule has 1 rings (SSSR count). The molecule has 12 heavy (non-hydrogen) atoms. The lowest BCUT2D eigenvalue weighted by Gasteiger charge is -2.27. The van der Waals surface area contributed by atoms with Crippen LogP contribution in [-0.4, -0.2) is 32.0 Å². The molecule has 0 saturated carbocycles. The minimum atomic E-state index is -4.04. The first-order chi connectivity index (χ1) is 5.58. The van der Waals surface area contributed by atoms with E-state index in [-0.39, 0.29) is 19.1 Å². The molecule has 5 heteroatoms. The normalized spacial score (nSPS) is 19.2. The van der Waals surface area contributed by atoms with E-state index >= 15 is 0 Å². The molecule has 0 aromatic rings. The van der Waals surface area contributed by atoms with Gasteiger partial charge in [0.1, 0.15) is 0 Å². The molecule has 1 N–H and O–H groups in total. The van der Waals surface area contributed by atoms with Crippen molar-refractivity contribution in [3.8, 4) is 0 Å². The second kappa shape index (κ2) is 4.09. The Morgan fingerprint density at radius 3 is 2.42 bits per heavy atom. The maximum atomic E-state index is 11.6. The molecule has 0 aromatic carbocycles. The molecule has 2 nitrogen and oxygen atoms in total. The molecule has 0 spiro atoms. The number of hydrogen-bond acceptors (Lipinski definition) is 2. The average molecular weight is 183 g/mol. The zero-order valence-electron chi connectivity index (χ0n) is 6.66. The summed E-state index contributed by atoms with van der Waals surface area (Å²) in [6.07, 6.45) is -4.58. The van der Waals surface area contributed by atoms with Crippen molar-refractivity contribution in [1.82, 2.24) is 5.32 Å². The highest BCUT2D eigenvalue weighted by Crippen LogP contribution is 2.21. The minimum absolute atomic E-state index is 0.0694. The van der Waals surface area contributed by atoms with Crippen LogP contribution in [-0.2, 0) is 4.74 Å². The Kier molecular flexibility index (Phi) is 3.34. The molecule has 0 amide bonds. The van der Waals surface area contributed by atoms with Gasteiger partial charge in [-0.15, -0.1) is 0 Å². The molecule has 1 fully saturated rings. The Balaban J connectivity index is 1.88. The highest BCUT2D eigenvalue weighted by Gasteiger charge is 2.26. The molecule has 1 heterocycles. The smallest absolute Gasteiger partial charge is 0.376 e. The largest absolute Gasteiger partial charge is 0.389 e. The van der Waals surface area contributed by atoms with Crippen molar-refractivity contribution < 1.29 is 17.9 Å². The van der Waals surface area contributed by atoms with E-state index < -0.39 is 12.6 Å². The zero-order chi connectivity index (χ0) is 9.03. The van der Waals surface area contributed by atoms with Crippen molar-refractivity contribution >= 4 is 0 Å². The maximum Gasteiger partial charge on any atom is 0.389 e. The van der Waals surface area contributed by atoms with Gasteiger partial charge in [-0.05, 0) is 6.42 Å². The second-order valence-electron chi connectivity index (χ2n) is 2.87. The molecule has 0 radical (unpaired) electrons. The Morgan fingerprint density at radius 1 is 1.33 bits per heavy atom. The SMILES string of the molecule is FC(F)(F)CCCOC1CNC1. The van der Waals surface area contributed by atoms with Crippen LogP contribution in [0, 0.1) is 0 Å². The minimum Gasteiger partial charge on any atom is -0.376 e. The van der Waals surface area contributed by atoms with Crippen molar-refractivity contribution in [2.24, 2.45) is 0 Å². The summed E-state index contributed by atoms with van der Waals surface area (Å²) in [6, 6.07) is 0. The van der Waals surface area contributed by atoms with Gasteiger partial charge in [0.15, 0.2) is 0 Å². The zero-order valence-corrected chi connectivity index (χ0v) is 6.66. The highest BCUT2D eigenvalue weighted by molar-refractivity contribution is 4.74. The van der Waals surface area contributed by atoms with Gasteiger partial charge in [-0.3, -0.25) is 0 Å². The molecule has 0 unspecified atom stereocenters. The topological polar surface area (TPSA) is 21.3 Å². The fraction of sp³-hybridized carbons (Fsp3) is 1.00. The first-order valence-corrected chi connectivity index (χ1v) is 3.97. The first kappa shape index (κ1) is 9.80. The van der Waals surface area contributed by atoms with Crippen LogP contribution in [0.15, 0.2) is 0 Å². The van der Waals surface area contributed by atoms with E-state index in [4.69, 9.17) is 4.74 Å². The molecule has 0 atom stereocenters. The van der Waals surface area contributed by atoms with E-state index in [1.165, 1.54) is 0 Å². The standard InChI is InChI=1S/C7H12F3NO/c8-7(9,10)2-1-3-12-6-4-11-5-6/h6,11H,1-5H2. The lowest BCUT2D eigenvalue weighted by atomic mass is 10.2. The van der Waals surface area contributed by atoms with Crippen LogP contribution >= 0.6 is 0 Å². The van der Waals surface area contributed by atoms with E-state index in [1.54, 1.807) is 0 Å². The van der Waals surface area contributed by atoms with Crippen LogP contribution in [0.25, 0.3) is 0 Å². The van der Waals surface area contributed by atoms with Gasteiger partial charge in [-0.25, -0.2) is 0 Å². The predicted octanol–water partition coefficient (Wildman–Crippen LogP) is 1.32. The lowest BCUT2D eigenvalue weighted by molar-refractivity contribution is -0.139. The molecule has 1 aliphatic rings. The summed E-state index contributed by atoms with van der Waals surface area (Å²) < 4.78 is 39.9. The Hall–Kier alpha value is -0.290. The number of ether oxygens (including phenoxy) is 1. The Morgan fingerprint density at radius 2 is 2.00 bits per heavy atom. The third-order valence-corrected chi connectivity index (χ3v) is 1.70. The quantitative estimate of drug-likeness (QED) is 0.663. The van der Waals surface area contributed by atoms with Crippen LogP contribution in [0.5, 0.6) is 0 Å². The summed E-state index contributed by atoms with van der Waals surface area (Å²) in [4.78, 5) is 0. The van der Waals surface area contributed by atoms with Gasteiger partial charge in [0.2, 0.25) is 0 Å². The van der Waals surface area contributed by atoms with Gasteiger partial charge in [-0.2, -0.15) is 13.2 Å². The summed E-state index contributed by atoms with van der Waals surface area (Å²) in [5.74, 6) is 0. The van der Waals surface area contributed by atoms with Crippen LogP contribution in [0.2, 0.25) is 0 Å². The fourth-order valence-corrected chi connectivity index (χ4v) is 0.903. The van der Waals surface area contributed by atoms with Gasteiger partial charge in [0, 0.05) is 26.1 Å². The first-order valence-electron chi connectivity index (χ1n) is 3.97. The van der Waals surface area contributed by atoms with Gasteiger partial charge in [-0.1, -0.05) is 0 Å². The van der Waals surface area contributed by atoms with Crippen LogP contribution in [0.3, 0.4) is 0 Å². The molecule has 1 saturated heterocycles. The maximum absolute atomic E-state index is 11.6. The van der Waals surface area contributed by atoms with E-state index in [0.29, 0.717) is 0 Å². The lowest BCUT2D eigenvalue weighted by Crippen LogP contribution is -2.48. The summed E-state index contributed by atoms with van der Waals surface area (Å²) in [5.41, 5.74) is 0. The second-order valence-corrected chi connectivity index (χ2v) is 2.87. The number of nitrogens with one attached hydrogen (secondary N) is 1. The highest BCUT2D eigenvalue weighted by atomic mass is 19.4. The molecule has 0 bridgehead atoms. The number of halogens is 3. The average Bonchev–Trinajstić information content (AvgIpc) is 1.80.